The van der Waals surface area contributed by atoms with Crippen molar-refractivity contribution in [2.45, 2.75) is 6.18 Å². The van der Waals surface area contributed by atoms with Gasteiger partial charge in [-0.15, -0.1) is 5.10 Å². The summed E-state index contributed by atoms with van der Waals surface area (Å²) in [7, 11) is 1.36. The van der Waals surface area contributed by atoms with E-state index in [-0.39, 0.29) is 11.4 Å². The molecule has 0 radical (unpaired) electrons. The molecular weight excluding hydrogens is 418 g/mol. The molecule has 11 heteroatoms. The van der Waals surface area contributed by atoms with Crippen LogP contribution in [-0.2, 0) is 6.18 Å². The fourth-order valence-electron chi connectivity index (χ4n) is 2.30. The van der Waals surface area contributed by atoms with Crippen molar-refractivity contribution in [3.63, 3.8) is 0 Å². The Balaban J connectivity index is 1.85. The summed E-state index contributed by atoms with van der Waals surface area (Å²) >= 11 is 11.9. The first-order valence-corrected chi connectivity index (χ1v) is 8.47. The Morgan fingerprint density at radius 3 is 2.57 bits per heavy atom. The molecule has 3 aromatic rings. The number of nitrogens with zero attached hydrogens (tertiary/aromatic N) is 4. The van der Waals surface area contributed by atoms with Crippen molar-refractivity contribution in [1.82, 2.24) is 20.2 Å². The van der Waals surface area contributed by atoms with Gasteiger partial charge in [0.15, 0.2) is 5.82 Å². The van der Waals surface area contributed by atoms with Gasteiger partial charge in [0.05, 0.1) is 34.1 Å². The molecule has 0 bridgehead atoms. The van der Waals surface area contributed by atoms with Crippen molar-refractivity contribution in [3.8, 4) is 11.4 Å². The van der Waals surface area contributed by atoms with Crippen LogP contribution in [0.4, 0.5) is 18.9 Å². The van der Waals surface area contributed by atoms with Crippen LogP contribution >= 0.6 is 23.2 Å². The minimum Gasteiger partial charge on any atom is -0.495 e. The average molecular weight is 430 g/mol. The van der Waals surface area contributed by atoms with Gasteiger partial charge in [0.1, 0.15) is 5.75 Å². The Morgan fingerprint density at radius 2 is 1.89 bits per heavy atom. The first kappa shape index (κ1) is 20.0. The summed E-state index contributed by atoms with van der Waals surface area (Å²) < 4.78 is 45.2. The SMILES string of the molecule is COc1ccc(C(F)(F)F)cc1N/C=C/c1nnnn1-c1ccc(Cl)c(Cl)c1. The minimum absolute atomic E-state index is 0.141. The molecule has 0 unspecified atom stereocenters. The number of hydrogen-bond donors (Lipinski definition) is 1. The van der Waals surface area contributed by atoms with Crippen LogP contribution < -0.4 is 10.1 Å². The zero-order valence-electron chi connectivity index (χ0n) is 14.2. The molecule has 146 valence electrons. The van der Waals surface area contributed by atoms with E-state index in [1.165, 1.54) is 30.1 Å². The number of benzene rings is 2. The summed E-state index contributed by atoms with van der Waals surface area (Å²) in [6, 6.07) is 7.98. The fourth-order valence-corrected chi connectivity index (χ4v) is 2.59. The van der Waals surface area contributed by atoms with Crippen molar-refractivity contribution in [1.29, 1.82) is 0 Å². The number of alkyl halides is 3. The van der Waals surface area contributed by atoms with Gasteiger partial charge in [-0.2, -0.15) is 17.9 Å². The molecule has 0 saturated heterocycles. The van der Waals surface area contributed by atoms with Crippen molar-refractivity contribution in [2.75, 3.05) is 12.4 Å². The molecule has 0 amide bonds. The van der Waals surface area contributed by atoms with E-state index in [1.807, 2.05) is 0 Å². The van der Waals surface area contributed by atoms with Gasteiger partial charge < -0.3 is 10.1 Å². The zero-order chi connectivity index (χ0) is 20.3. The van der Waals surface area contributed by atoms with Gasteiger partial charge in [-0.05, 0) is 46.8 Å². The van der Waals surface area contributed by atoms with Crippen LogP contribution in [0.25, 0.3) is 11.8 Å². The molecule has 0 saturated carbocycles. The Kier molecular flexibility index (Phi) is 5.76. The number of aromatic nitrogens is 4. The van der Waals surface area contributed by atoms with Gasteiger partial charge in [0.25, 0.3) is 0 Å². The minimum atomic E-state index is -4.47. The molecule has 3 rings (SSSR count). The first-order valence-electron chi connectivity index (χ1n) is 7.71. The normalized spacial score (nSPS) is 11.8. The Bertz CT molecular complexity index is 1020. The van der Waals surface area contributed by atoms with Gasteiger partial charge in [-0.1, -0.05) is 23.2 Å². The van der Waals surface area contributed by atoms with Crippen LogP contribution in [0.15, 0.2) is 42.6 Å². The quantitative estimate of drug-likeness (QED) is 0.612. The predicted molar refractivity (Wildman–Crippen MR) is 99.8 cm³/mol. The molecule has 2 aromatic carbocycles. The molecule has 0 spiro atoms. The summed E-state index contributed by atoms with van der Waals surface area (Å²) in [5.41, 5.74) is -0.0947. The predicted octanol–water partition coefficient (Wildman–Crippen LogP) is 5.08. The van der Waals surface area contributed by atoms with Crippen LogP contribution in [0.5, 0.6) is 5.75 Å². The van der Waals surface area contributed by atoms with E-state index >= 15 is 0 Å². The van der Waals surface area contributed by atoms with E-state index in [2.05, 4.69) is 20.8 Å². The second kappa shape index (κ2) is 8.07. The van der Waals surface area contributed by atoms with Gasteiger partial charge in [0, 0.05) is 12.3 Å². The van der Waals surface area contributed by atoms with E-state index in [9.17, 15) is 13.2 Å². The molecule has 1 aromatic heterocycles. The highest BCUT2D eigenvalue weighted by Gasteiger charge is 2.31. The summed E-state index contributed by atoms with van der Waals surface area (Å²) in [5, 5.41) is 14.8. The van der Waals surface area contributed by atoms with Crippen LogP contribution in [0.1, 0.15) is 11.4 Å². The molecule has 0 fully saturated rings. The lowest BCUT2D eigenvalue weighted by atomic mass is 10.2. The lowest BCUT2D eigenvalue weighted by molar-refractivity contribution is -0.137. The summed E-state index contributed by atoms with van der Waals surface area (Å²) in [6.07, 6.45) is -1.58. The molecule has 6 nitrogen and oxygen atoms in total. The third-order valence-corrected chi connectivity index (χ3v) is 4.38. The van der Waals surface area contributed by atoms with Crippen LogP contribution in [0.3, 0.4) is 0 Å². The maximum absolute atomic E-state index is 12.9. The Hall–Kier alpha value is -2.78. The Morgan fingerprint density at radius 1 is 1.11 bits per heavy atom. The number of halogens is 5. The maximum Gasteiger partial charge on any atom is 0.416 e. The first-order chi connectivity index (χ1) is 13.3. The van der Waals surface area contributed by atoms with Crippen molar-refractivity contribution in [2.24, 2.45) is 0 Å². The van der Waals surface area contributed by atoms with Crippen LogP contribution in [0, 0.1) is 0 Å². The second-order valence-electron chi connectivity index (χ2n) is 5.44. The summed E-state index contributed by atoms with van der Waals surface area (Å²) in [6.45, 7) is 0. The number of rotatable bonds is 5. The van der Waals surface area contributed by atoms with Crippen LogP contribution in [0.2, 0.25) is 10.0 Å². The van der Waals surface area contributed by atoms with Gasteiger partial charge in [-0.3, -0.25) is 0 Å². The third kappa shape index (κ3) is 4.37. The topological polar surface area (TPSA) is 64.9 Å². The summed E-state index contributed by atoms with van der Waals surface area (Å²) in [5.74, 6) is 0.568. The number of ether oxygens (including phenoxy) is 1. The molecule has 0 aliphatic carbocycles. The lowest BCUT2D eigenvalue weighted by Crippen LogP contribution is -2.06. The monoisotopic (exact) mass is 429 g/mol. The largest absolute Gasteiger partial charge is 0.495 e. The molecule has 28 heavy (non-hydrogen) atoms. The van der Waals surface area contributed by atoms with Gasteiger partial charge in [0.2, 0.25) is 0 Å². The fraction of sp³-hybridized carbons (Fsp3) is 0.118. The highest BCUT2D eigenvalue weighted by atomic mass is 35.5. The average Bonchev–Trinajstić information content (AvgIpc) is 3.11. The third-order valence-electron chi connectivity index (χ3n) is 3.64. The van der Waals surface area contributed by atoms with Crippen molar-refractivity contribution >= 4 is 35.0 Å². The highest BCUT2D eigenvalue weighted by molar-refractivity contribution is 6.42. The number of nitrogens with one attached hydrogen (secondary N) is 1. The number of tetrazole rings is 1. The van der Waals surface area contributed by atoms with E-state index in [0.29, 0.717) is 21.6 Å². The number of methoxy groups -OCH3 is 1. The smallest absolute Gasteiger partial charge is 0.416 e. The molecular formula is C17H12Cl2F3N5O. The van der Waals surface area contributed by atoms with Gasteiger partial charge in [-0.25, -0.2) is 0 Å². The molecule has 0 aliphatic heterocycles. The van der Waals surface area contributed by atoms with Crippen LogP contribution in [-0.4, -0.2) is 27.3 Å². The second-order valence-corrected chi connectivity index (χ2v) is 6.25. The molecule has 0 aliphatic rings. The van der Waals surface area contributed by atoms with E-state index in [1.54, 1.807) is 18.2 Å². The summed E-state index contributed by atoms with van der Waals surface area (Å²) in [4.78, 5) is 0. The molecule has 1 heterocycles. The van der Waals surface area contributed by atoms with Crippen molar-refractivity contribution < 1.29 is 17.9 Å². The maximum atomic E-state index is 12.9. The van der Waals surface area contributed by atoms with Crippen molar-refractivity contribution in [3.05, 3.63) is 64.0 Å². The van der Waals surface area contributed by atoms with E-state index in [4.69, 9.17) is 27.9 Å². The zero-order valence-corrected chi connectivity index (χ0v) is 15.7. The molecule has 0 atom stereocenters. The highest BCUT2D eigenvalue weighted by Crippen LogP contribution is 2.35. The lowest BCUT2D eigenvalue weighted by Gasteiger charge is -2.12. The Labute approximate surface area is 167 Å². The van der Waals surface area contributed by atoms with Gasteiger partial charge >= 0.3 is 6.18 Å². The van der Waals surface area contributed by atoms with E-state index < -0.39 is 11.7 Å². The number of hydrogen-bond acceptors (Lipinski definition) is 5. The number of anilines is 1. The standard InChI is InChI=1S/C17H12Cl2F3N5O/c1-28-15-5-2-10(17(20,21)22)8-14(15)23-7-6-16-24-25-26-27(16)11-3-4-12(18)13(19)9-11/h2-9,23H,1H3/b7-6+. The molecule has 1 N–H and O–H groups in total. The van der Waals surface area contributed by atoms with E-state index in [0.717, 1.165) is 12.1 Å².